The molecule has 5 rings (SSSR count). The van der Waals surface area contributed by atoms with Crippen LogP contribution >= 0.6 is 0 Å². The third-order valence-electron chi connectivity index (χ3n) is 5.64. The summed E-state index contributed by atoms with van der Waals surface area (Å²) in [5.41, 5.74) is 3.91. The maximum atomic E-state index is 12.3. The van der Waals surface area contributed by atoms with Crippen LogP contribution in [0.5, 0.6) is 0 Å². The van der Waals surface area contributed by atoms with E-state index in [-0.39, 0.29) is 11.7 Å². The van der Waals surface area contributed by atoms with Gasteiger partial charge in [0, 0.05) is 38.7 Å². The molecule has 1 unspecified atom stereocenters. The second-order valence-electron chi connectivity index (χ2n) is 7.55. The summed E-state index contributed by atoms with van der Waals surface area (Å²) in [6.07, 6.45) is 2.09. The molecule has 1 N–H and O–H groups in total. The number of aromatic nitrogens is 3. The quantitative estimate of drug-likeness (QED) is 0.583. The standard InChI is InChI=1S/C22H20N4O3/c1-25-9-8-22(28,21(25)27)20-12-18(24-29-20)16-5-3-4-14(10-16)15-6-7-17-19(11-15)26(2)13-23-17/h3-7,10-13,28H,8-9H2,1-2H3. The van der Waals surface area contributed by atoms with E-state index < -0.39 is 5.60 Å². The molecule has 0 saturated carbocycles. The summed E-state index contributed by atoms with van der Waals surface area (Å²) < 4.78 is 7.36. The number of carbonyl (C=O) groups excluding carboxylic acids is 1. The molecule has 1 atom stereocenters. The van der Waals surface area contributed by atoms with Crippen molar-refractivity contribution >= 4 is 16.9 Å². The van der Waals surface area contributed by atoms with E-state index in [0.29, 0.717) is 18.7 Å². The highest BCUT2D eigenvalue weighted by Crippen LogP contribution is 2.35. The molecule has 0 aliphatic carbocycles. The summed E-state index contributed by atoms with van der Waals surface area (Å²) >= 11 is 0. The van der Waals surface area contributed by atoms with Crippen molar-refractivity contribution < 1.29 is 14.4 Å². The number of carbonyl (C=O) groups is 1. The van der Waals surface area contributed by atoms with Gasteiger partial charge in [0.15, 0.2) is 5.76 Å². The van der Waals surface area contributed by atoms with Gasteiger partial charge in [-0.25, -0.2) is 4.98 Å². The highest BCUT2D eigenvalue weighted by atomic mass is 16.5. The number of aliphatic hydroxyl groups is 1. The van der Waals surface area contributed by atoms with E-state index in [1.165, 1.54) is 4.90 Å². The molecule has 0 spiro atoms. The van der Waals surface area contributed by atoms with Crippen LogP contribution in [0.15, 0.2) is 59.4 Å². The van der Waals surface area contributed by atoms with Crippen LogP contribution in [0.3, 0.4) is 0 Å². The minimum atomic E-state index is -1.64. The van der Waals surface area contributed by atoms with Gasteiger partial charge in [0.25, 0.3) is 5.91 Å². The lowest BCUT2D eigenvalue weighted by molar-refractivity contribution is -0.144. The summed E-state index contributed by atoms with van der Waals surface area (Å²) in [5, 5.41) is 14.9. The number of aryl methyl sites for hydroxylation is 1. The molecule has 1 aliphatic heterocycles. The average molecular weight is 388 g/mol. The van der Waals surface area contributed by atoms with Crippen molar-refractivity contribution in [2.24, 2.45) is 7.05 Å². The lowest BCUT2D eigenvalue weighted by Gasteiger charge is -2.16. The Morgan fingerprint density at radius 2 is 1.86 bits per heavy atom. The molecule has 1 aliphatic rings. The van der Waals surface area contributed by atoms with Crippen LogP contribution in [-0.2, 0) is 17.4 Å². The summed E-state index contributed by atoms with van der Waals surface area (Å²) in [4.78, 5) is 18.2. The Morgan fingerprint density at radius 3 is 2.66 bits per heavy atom. The zero-order valence-corrected chi connectivity index (χ0v) is 16.2. The van der Waals surface area contributed by atoms with E-state index in [9.17, 15) is 9.90 Å². The molecule has 7 heteroatoms. The molecule has 146 valence electrons. The fraction of sp³-hybridized carbons (Fsp3) is 0.227. The number of benzene rings is 2. The molecule has 0 bridgehead atoms. The van der Waals surface area contributed by atoms with E-state index in [2.05, 4.69) is 16.2 Å². The molecule has 4 aromatic rings. The Bertz CT molecular complexity index is 1240. The molecule has 1 fully saturated rings. The Kier molecular flexibility index (Phi) is 3.82. The Morgan fingerprint density at radius 1 is 1.07 bits per heavy atom. The second kappa shape index (κ2) is 6.28. The SMILES string of the molecule is CN1CCC(O)(c2cc(-c3cccc(-c4ccc5ncn(C)c5c4)c3)no2)C1=O. The number of likely N-dealkylation sites (N-methyl/N-ethyl adjacent to an activating group) is 1. The number of rotatable bonds is 3. The molecule has 0 radical (unpaired) electrons. The van der Waals surface area contributed by atoms with Crippen LogP contribution in [-0.4, -0.2) is 44.2 Å². The van der Waals surface area contributed by atoms with Gasteiger partial charge in [-0.15, -0.1) is 0 Å². The minimum absolute atomic E-state index is 0.184. The van der Waals surface area contributed by atoms with E-state index in [0.717, 1.165) is 27.7 Å². The van der Waals surface area contributed by atoms with Crippen molar-refractivity contribution in [1.29, 1.82) is 0 Å². The van der Waals surface area contributed by atoms with Crippen LogP contribution in [0.2, 0.25) is 0 Å². The third kappa shape index (κ3) is 2.74. The first-order valence-electron chi connectivity index (χ1n) is 9.43. The second-order valence-corrected chi connectivity index (χ2v) is 7.55. The van der Waals surface area contributed by atoms with Gasteiger partial charge in [-0.05, 0) is 29.3 Å². The molecule has 2 aromatic heterocycles. The molecule has 2 aromatic carbocycles. The van der Waals surface area contributed by atoms with Crippen LogP contribution in [0.25, 0.3) is 33.4 Å². The zero-order chi connectivity index (χ0) is 20.2. The highest BCUT2D eigenvalue weighted by Gasteiger charge is 2.48. The van der Waals surface area contributed by atoms with Gasteiger partial charge in [0.2, 0.25) is 5.60 Å². The van der Waals surface area contributed by atoms with Crippen LogP contribution in [0, 0.1) is 0 Å². The van der Waals surface area contributed by atoms with Crippen molar-refractivity contribution in [1.82, 2.24) is 19.6 Å². The number of amides is 1. The minimum Gasteiger partial charge on any atom is -0.373 e. The Labute approximate surface area is 167 Å². The normalized spacial score (nSPS) is 19.4. The van der Waals surface area contributed by atoms with Crippen molar-refractivity contribution in [3.05, 3.63) is 60.6 Å². The van der Waals surface area contributed by atoms with Crippen molar-refractivity contribution in [2.45, 2.75) is 12.0 Å². The number of fused-ring (bicyclic) bond motifs is 1. The van der Waals surface area contributed by atoms with Gasteiger partial charge >= 0.3 is 0 Å². The molecule has 1 saturated heterocycles. The summed E-state index contributed by atoms with van der Waals surface area (Å²) in [6, 6.07) is 15.7. The van der Waals surface area contributed by atoms with Gasteiger partial charge in [-0.3, -0.25) is 4.79 Å². The van der Waals surface area contributed by atoms with Gasteiger partial charge in [0.1, 0.15) is 5.69 Å². The van der Waals surface area contributed by atoms with Gasteiger partial charge in [0.05, 0.1) is 17.4 Å². The lowest BCUT2D eigenvalue weighted by atomic mass is 9.97. The molecule has 7 nitrogen and oxygen atoms in total. The smallest absolute Gasteiger partial charge is 0.262 e. The fourth-order valence-corrected chi connectivity index (χ4v) is 3.85. The first-order valence-corrected chi connectivity index (χ1v) is 9.43. The van der Waals surface area contributed by atoms with Crippen molar-refractivity contribution in [2.75, 3.05) is 13.6 Å². The molecule has 3 heterocycles. The molecular weight excluding hydrogens is 368 g/mol. The topological polar surface area (TPSA) is 84.4 Å². The van der Waals surface area contributed by atoms with Crippen LogP contribution < -0.4 is 0 Å². The summed E-state index contributed by atoms with van der Waals surface area (Å²) in [6.45, 7) is 0.483. The van der Waals surface area contributed by atoms with E-state index in [4.69, 9.17) is 4.52 Å². The van der Waals surface area contributed by atoms with Gasteiger partial charge in [-0.1, -0.05) is 29.4 Å². The van der Waals surface area contributed by atoms with E-state index in [1.807, 2.05) is 48.0 Å². The molecule has 29 heavy (non-hydrogen) atoms. The maximum absolute atomic E-state index is 12.3. The fourth-order valence-electron chi connectivity index (χ4n) is 3.85. The predicted octanol–water partition coefficient (Wildman–Crippen LogP) is 2.95. The lowest BCUT2D eigenvalue weighted by Crippen LogP contribution is -2.35. The number of imidazole rings is 1. The zero-order valence-electron chi connectivity index (χ0n) is 16.2. The molecule has 1 amide bonds. The first kappa shape index (κ1) is 17.6. The van der Waals surface area contributed by atoms with Crippen LogP contribution in [0.4, 0.5) is 0 Å². The molecular formula is C22H20N4O3. The van der Waals surface area contributed by atoms with E-state index in [1.54, 1.807) is 19.4 Å². The summed E-state index contributed by atoms with van der Waals surface area (Å²) in [7, 11) is 3.64. The van der Waals surface area contributed by atoms with E-state index >= 15 is 0 Å². The Hall–Kier alpha value is -3.45. The Balaban J connectivity index is 1.51. The maximum Gasteiger partial charge on any atom is 0.262 e. The highest BCUT2D eigenvalue weighted by molar-refractivity contribution is 5.88. The predicted molar refractivity (Wildman–Crippen MR) is 108 cm³/mol. The number of hydrogen-bond acceptors (Lipinski definition) is 5. The summed E-state index contributed by atoms with van der Waals surface area (Å²) in [5.74, 6) is -0.179. The van der Waals surface area contributed by atoms with Gasteiger partial charge in [-0.2, -0.15) is 0 Å². The number of hydrogen-bond donors (Lipinski definition) is 1. The number of nitrogens with zero attached hydrogens (tertiary/aromatic N) is 4. The third-order valence-corrected chi connectivity index (χ3v) is 5.64. The van der Waals surface area contributed by atoms with Crippen molar-refractivity contribution in [3.63, 3.8) is 0 Å². The van der Waals surface area contributed by atoms with Gasteiger partial charge < -0.3 is 19.1 Å². The monoisotopic (exact) mass is 388 g/mol. The number of likely N-dealkylation sites (tertiary alicyclic amines) is 1. The van der Waals surface area contributed by atoms with Crippen LogP contribution in [0.1, 0.15) is 12.2 Å². The first-order chi connectivity index (χ1) is 14.0. The average Bonchev–Trinajstić information content (AvgIpc) is 3.44. The largest absolute Gasteiger partial charge is 0.373 e. The van der Waals surface area contributed by atoms with Crippen molar-refractivity contribution in [3.8, 4) is 22.4 Å².